The fourth-order valence-corrected chi connectivity index (χ4v) is 5.32. The minimum atomic E-state index is -1.92. The van der Waals surface area contributed by atoms with Crippen LogP contribution in [0.2, 0.25) is 18.1 Å². The van der Waals surface area contributed by atoms with Gasteiger partial charge in [0.05, 0.1) is 0 Å². The van der Waals surface area contributed by atoms with Gasteiger partial charge in [0.15, 0.2) is 14.4 Å². The Morgan fingerprint density at radius 2 is 1.46 bits per heavy atom. The first-order chi connectivity index (χ1) is 17.2. The number of rotatable bonds is 7. The first kappa shape index (κ1) is 28.9. The Hall–Kier alpha value is -2.64. The number of esters is 1. The normalized spacial score (nSPS) is 20.9. The molecule has 2 aromatic carbocycles. The lowest BCUT2D eigenvalue weighted by molar-refractivity contribution is -0.174. The third-order valence-electron chi connectivity index (χ3n) is 7.20. The molecular formula is C30H43NO5Si. The molecule has 1 fully saturated rings. The molecule has 0 unspecified atom stereocenters. The number of carbonyl (C=O) groups excluding carboxylic acids is 2. The Morgan fingerprint density at radius 1 is 0.919 bits per heavy atom. The summed E-state index contributed by atoms with van der Waals surface area (Å²) in [6, 6.07) is 18.0. The Bertz CT molecular complexity index is 1040. The molecule has 3 rings (SSSR count). The van der Waals surface area contributed by atoms with Crippen LogP contribution in [-0.2, 0) is 18.7 Å². The van der Waals surface area contributed by atoms with E-state index < -0.39 is 44.2 Å². The summed E-state index contributed by atoms with van der Waals surface area (Å²) < 4.78 is 18.3. The standard InChI is InChI=1S/C30H43NO5Si/c1-29(2,3)36-28(33)31-24(20-15-21-34-37(7,8)30(4,5)6)27(32)35-26(23-18-13-10-14-19-23)25(31)22-16-11-9-12-17-22/h9-14,16-19,24-26H,15,20-21H2,1-8H3/t24-,25-,26+/m0/s1. The van der Waals surface area contributed by atoms with Crippen molar-refractivity contribution in [2.24, 2.45) is 0 Å². The van der Waals surface area contributed by atoms with E-state index in [-0.39, 0.29) is 5.04 Å². The topological polar surface area (TPSA) is 65.1 Å². The van der Waals surface area contributed by atoms with Gasteiger partial charge in [-0.25, -0.2) is 9.59 Å². The van der Waals surface area contributed by atoms with Crippen LogP contribution < -0.4 is 0 Å². The molecule has 1 saturated heterocycles. The number of cyclic esters (lactones) is 1. The number of morpholine rings is 1. The second kappa shape index (κ2) is 11.4. The third kappa shape index (κ3) is 7.23. The maximum Gasteiger partial charge on any atom is 0.411 e. The van der Waals surface area contributed by atoms with Gasteiger partial charge in [-0.3, -0.25) is 4.90 Å². The highest BCUT2D eigenvalue weighted by molar-refractivity contribution is 6.74. The summed E-state index contributed by atoms with van der Waals surface area (Å²) in [4.78, 5) is 28.8. The zero-order chi connectivity index (χ0) is 27.4. The van der Waals surface area contributed by atoms with Gasteiger partial charge in [0.25, 0.3) is 0 Å². The van der Waals surface area contributed by atoms with Crippen LogP contribution in [-0.4, -0.2) is 43.5 Å². The molecule has 1 aliphatic rings. The molecule has 0 saturated carbocycles. The zero-order valence-electron chi connectivity index (χ0n) is 23.6. The molecule has 6 nitrogen and oxygen atoms in total. The molecule has 0 spiro atoms. The van der Waals surface area contributed by atoms with E-state index in [1.54, 1.807) is 4.90 Å². The molecule has 0 bridgehead atoms. The number of amides is 1. The predicted molar refractivity (Wildman–Crippen MR) is 149 cm³/mol. The lowest BCUT2D eigenvalue weighted by atomic mass is 9.90. The maximum absolute atomic E-state index is 13.7. The van der Waals surface area contributed by atoms with Crippen molar-refractivity contribution in [2.45, 2.75) is 96.3 Å². The molecule has 1 aliphatic heterocycles. The van der Waals surface area contributed by atoms with Gasteiger partial charge in [0.2, 0.25) is 0 Å². The zero-order valence-corrected chi connectivity index (χ0v) is 24.6. The van der Waals surface area contributed by atoms with Gasteiger partial charge in [0, 0.05) is 6.61 Å². The SMILES string of the molecule is CC(C)(C)OC(=O)N1[C@@H](CCCO[Si](C)(C)C(C)(C)C)C(=O)O[C@H](c2ccccc2)[C@@H]1c1ccccc1. The van der Waals surface area contributed by atoms with Crippen LogP contribution in [0, 0.1) is 0 Å². The maximum atomic E-state index is 13.7. The number of carbonyl (C=O) groups is 2. The minimum absolute atomic E-state index is 0.0978. The lowest BCUT2D eigenvalue weighted by Gasteiger charge is -2.45. The first-order valence-electron chi connectivity index (χ1n) is 13.2. The average molecular weight is 526 g/mol. The minimum Gasteiger partial charge on any atom is -0.453 e. The molecule has 0 N–H and O–H groups in total. The van der Waals surface area contributed by atoms with Crippen molar-refractivity contribution in [2.75, 3.05) is 6.61 Å². The van der Waals surface area contributed by atoms with E-state index in [4.69, 9.17) is 13.9 Å². The molecule has 0 radical (unpaired) electrons. The Morgan fingerprint density at radius 3 is 1.97 bits per heavy atom. The molecule has 1 amide bonds. The van der Waals surface area contributed by atoms with Crippen LogP contribution in [0.4, 0.5) is 4.79 Å². The van der Waals surface area contributed by atoms with Crippen LogP contribution in [0.3, 0.4) is 0 Å². The Kier molecular flexibility index (Phi) is 8.91. The summed E-state index contributed by atoms with van der Waals surface area (Å²) in [5.74, 6) is -0.417. The second-order valence-corrected chi connectivity index (χ2v) is 17.1. The molecular weight excluding hydrogens is 482 g/mol. The van der Waals surface area contributed by atoms with E-state index in [9.17, 15) is 9.59 Å². The van der Waals surface area contributed by atoms with Gasteiger partial charge < -0.3 is 13.9 Å². The molecule has 0 aliphatic carbocycles. The van der Waals surface area contributed by atoms with E-state index in [1.807, 2.05) is 81.4 Å². The van der Waals surface area contributed by atoms with Gasteiger partial charge in [-0.1, -0.05) is 81.4 Å². The molecule has 37 heavy (non-hydrogen) atoms. The van der Waals surface area contributed by atoms with Crippen molar-refractivity contribution in [3.05, 3.63) is 71.8 Å². The Balaban J connectivity index is 1.96. The van der Waals surface area contributed by atoms with E-state index in [0.29, 0.717) is 19.4 Å². The average Bonchev–Trinajstić information content (AvgIpc) is 2.81. The van der Waals surface area contributed by atoms with Gasteiger partial charge in [-0.2, -0.15) is 0 Å². The smallest absolute Gasteiger partial charge is 0.411 e. The van der Waals surface area contributed by atoms with Crippen molar-refractivity contribution in [3.63, 3.8) is 0 Å². The predicted octanol–water partition coefficient (Wildman–Crippen LogP) is 7.43. The summed E-state index contributed by atoms with van der Waals surface area (Å²) in [6.07, 6.45) is -0.113. The number of benzene rings is 2. The van der Waals surface area contributed by atoms with Crippen LogP contribution in [0.25, 0.3) is 0 Å². The lowest BCUT2D eigenvalue weighted by Crippen LogP contribution is -2.55. The fraction of sp³-hybridized carbons (Fsp3) is 0.533. The molecule has 202 valence electrons. The van der Waals surface area contributed by atoms with Crippen LogP contribution in [0.15, 0.2) is 60.7 Å². The number of ether oxygens (including phenoxy) is 2. The van der Waals surface area contributed by atoms with E-state index >= 15 is 0 Å². The number of hydrogen-bond acceptors (Lipinski definition) is 5. The molecule has 7 heteroatoms. The highest BCUT2D eigenvalue weighted by Gasteiger charge is 2.49. The van der Waals surface area contributed by atoms with Crippen molar-refractivity contribution in [1.29, 1.82) is 0 Å². The fourth-order valence-electron chi connectivity index (χ4n) is 4.23. The van der Waals surface area contributed by atoms with Crippen LogP contribution >= 0.6 is 0 Å². The van der Waals surface area contributed by atoms with Gasteiger partial charge in [0.1, 0.15) is 17.7 Å². The molecule has 0 aromatic heterocycles. The summed E-state index contributed by atoms with van der Waals surface area (Å²) in [6.45, 7) is 17.1. The van der Waals surface area contributed by atoms with Gasteiger partial charge in [-0.15, -0.1) is 0 Å². The Labute approximate surface area is 223 Å². The summed E-state index contributed by atoms with van der Waals surface area (Å²) >= 11 is 0. The van der Waals surface area contributed by atoms with Crippen LogP contribution in [0.5, 0.6) is 0 Å². The quantitative estimate of drug-likeness (QED) is 0.214. The molecule has 2 aromatic rings. The number of nitrogens with zero attached hydrogens (tertiary/aromatic N) is 1. The second-order valence-electron chi connectivity index (χ2n) is 12.3. The first-order valence-corrected chi connectivity index (χ1v) is 16.1. The van der Waals surface area contributed by atoms with Gasteiger partial charge in [-0.05, 0) is 62.9 Å². The summed E-state index contributed by atoms with van der Waals surface area (Å²) in [5, 5.41) is 0.0978. The van der Waals surface area contributed by atoms with Crippen molar-refractivity contribution >= 4 is 20.4 Å². The van der Waals surface area contributed by atoms with Crippen LogP contribution in [0.1, 0.15) is 77.7 Å². The monoisotopic (exact) mass is 525 g/mol. The van der Waals surface area contributed by atoms with Gasteiger partial charge >= 0.3 is 12.1 Å². The molecule has 1 heterocycles. The van der Waals surface area contributed by atoms with E-state index in [2.05, 4.69) is 33.9 Å². The molecule has 3 atom stereocenters. The third-order valence-corrected chi connectivity index (χ3v) is 11.7. The van der Waals surface area contributed by atoms with Crippen molar-refractivity contribution < 1.29 is 23.5 Å². The highest BCUT2D eigenvalue weighted by Crippen LogP contribution is 2.44. The van der Waals surface area contributed by atoms with E-state index in [0.717, 1.165) is 11.1 Å². The van der Waals surface area contributed by atoms with Crippen molar-refractivity contribution in [1.82, 2.24) is 4.90 Å². The largest absolute Gasteiger partial charge is 0.453 e. The summed E-state index contributed by atoms with van der Waals surface area (Å²) in [7, 11) is -1.92. The highest BCUT2D eigenvalue weighted by atomic mass is 28.4. The van der Waals surface area contributed by atoms with E-state index in [1.165, 1.54) is 0 Å². The summed E-state index contributed by atoms with van der Waals surface area (Å²) in [5.41, 5.74) is 1.01. The van der Waals surface area contributed by atoms with Crippen molar-refractivity contribution in [3.8, 4) is 0 Å². The number of hydrogen-bond donors (Lipinski definition) is 0.